The highest BCUT2D eigenvalue weighted by atomic mass is 16.4. The highest BCUT2D eigenvalue weighted by Gasteiger charge is 2.32. The topological polar surface area (TPSA) is 60.9 Å². The Bertz CT molecular complexity index is 293. The fourth-order valence-corrected chi connectivity index (χ4v) is 2.11. The van der Waals surface area contributed by atoms with Crippen LogP contribution in [0, 0.1) is 5.92 Å². The van der Waals surface area contributed by atoms with Gasteiger partial charge in [0.1, 0.15) is 6.04 Å². The second-order valence-electron chi connectivity index (χ2n) is 4.86. The van der Waals surface area contributed by atoms with Gasteiger partial charge in [0, 0.05) is 13.6 Å². The van der Waals surface area contributed by atoms with Crippen LogP contribution in [-0.2, 0) is 9.59 Å². The summed E-state index contributed by atoms with van der Waals surface area (Å²) in [5, 5.41) is 9.17. The van der Waals surface area contributed by atoms with Gasteiger partial charge in [-0.3, -0.25) is 14.5 Å². The Kier molecular flexibility index (Phi) is 4.93. The maximum atomic E-state index is 11.8. The Morgan fingerprint density at radius 1 is 1.47 bits per heavy atom. The van der Waals surface area contributed by atoms with E-state index in [1.807, 2.05) is 6.92 Å². The van der Waals surface area contributed by atoms with Crippen molar-refractivity contribution in [2.24, 2.45) is 5.92 Å². The van der Waals surface area contributed by atoms with Crippen LogP contribution in [0.25, 0.3) is 0 Å². The van der Waals surface area contributed by atoms with Crippen molar-refractivity contribution in [3.05, 3.63) is 0 Å². The Morgan fingerprint density at radius 2 is 2.12 bits per heavy atom. The number of piperidine rings is 1. The standard InChI is InChI=1S/C12H22N2O3/c1-4-13(3)11(15)8-14-6-5-9(2)7-10(14)12(16)17/h9-10H,4-8H2,1-3H3,(H,16,17). The van der Waals surface area contributed by atoms with E-state index in [-0.39, 0.29) is 12.5 Å². The molecule has 5 nitrogen and oxygen atoms in total. The zero-order valence-electron chi connectivity index (χ0n) is 10.8. The Hall–Kier alpha value is -1.10. The summed E-state index contributed by atoms with van der Waals surface area (Å²) in [5.74, 6) is -0.400. The number of carbonyl (C=O) groups is 2. The molecular weight excluding hydrogens is 220 g/mol. The highest BCUT2D eigenvalue weighted by Crippen LogP contribution is 2.22. The third-order valence-corrected chi connectivity index (χ3v) is 3.50. The van der Waals surface area contributed by atoms with Crippen molar-refractivity contribution in [3.8, 4) is 0 Å². The highest BCUT2D eigenvalue weighted by molar-refractivity contribution is 5.80. The Balaban J connectivity index is 2.61. The quantitative estimate of drug-likeness (QED) is 0.786. The Morgan fingerprint density at radius 3 is 2.65 bits per heavy atom. The SMILES string of the molecule is CCN(C)C(=O)CN1CCC(C)CC1C(=O)O. The number of aliphatic carboxylic acids is 1. The molecule has 98 valence electrons. The monoisotopic (exact) mass is 242 g/mol. The van der Waals surface area contributed by atoms with Crippen LogP contribution in [0.15, 0.2) is 0 Å². The molecule has 17 heavy (non-hydrogen) atoms. The minimum Gasteiger partial charge on any atom is -0.480 e. The number of carboxylic acid groups (broad SMARTS) is 1. The van der Waals surface area contributed by atoms with Crippen molar-refractivity contribution in [2.75, 3.05) is 26.7 Å². The zero-order valence-corrected chi connectivity index (χ0v) is 10.8. The molecule has 1 aliphatic rings. The third kappa shape index (κ3) is 3.70. The van der Waals surface area contributed by atoms with E-state index in [1.54, 1.807) is 16.8 Å². The first-order valence-electron chi connectivity index (χ1n) is 6.16. The number of hydrogen-bond acceptors (Lipinski definition) is 3. The van der Waals surface area contributed by atoms with Gasteiger partial charge in [0.25, 0.3) is 0 Å². The lowest BCUT2D eigenvalue weighted by atomic mass is 9.92. The maximum Gasteiger partial charge on any atom is 0.320 e. The fraction of sp³-hybridized carbons (Fsp3) is 0.833. The molecule has 0 aromatic heterocycles. The summed E-state index contributed by atoms with van der Waals surface area (Å²) in [7, 11) is 1.74. The number of nitrogens with zero attached hydrogens (tertiary/aromatic N) is 2. The summed E-state index contributed by atoms with van der Waals surface area (Å²) in [6.45, 7) is 5.54. The molecule has 0 bridgehead atoms. The van der Waals surface area contributed by atoms with Gasteiger partial charge in [0.15, 0.2) is 0 Å². The van der Waals surface area contributed by atoms with Gasteiger partial charge >= 0.3 is 5.97 Å². The van der Waals surface area contributed by atoms with E-state index in [2.05, 4.69) is 6.92 Å². The average molecular weight is 242 g/mol. The molecule has 0 aromatic carbocycles. The largest absolute Gasteiger partial charge is 0.480 e. The number of likely N-dealkylation sites (N-methyl/N-ethyl adjacent to an activating group) is 1. The van der Waals surface area contributed by atoms with Crippen LogP contribution in [-0.4, -0.2) is 59.5 Å². The van der Waals surface area contributed by atoms with E-state index in [0.29, 0.717) is 25.4 Å². The molecule has 1 saturated heterocycles. The van der Waals surface area contributed by atoms with Gasteiger partial charge in [-0.1, -0.05) is 6.92 Å². The molecule has 5 heteroatoms. The summed E-state index contributed by atoms with van der Waals surface area (Å²) >= 11 is 0. The number of likely N-dealkylation sites (tertiary alicyclic amines) is 1. The van der Waals surface area contributed by atoms with E-state index < -0.39 is 12.0 Å². The second kappa shape index (κ2) is 6.00. The van der Waals surface area contributed by atoms with Gasteiger partial charge in [-0.2, -0.15) is 0 Å². The molecule has 1 rings (SSSR count). The van der Waals surface area contributed by atoms with Crippen molar-refractivity contribution in [3.63, 3.8) is 0 Å². The van der Waals surface area contributed by atoms with E-state index in [1.165, 1.54) is 0 Å². The maximum absolute atomic E-state index is 11.8. The molecule has 0 aliphatic carbocycles. The molecule has 1 amide bonds. The molecule has 0 saturated carbocycles. The Labute approximate surface area is 102 Å². The van der Waals surface area contributed by atoms with Gasteiger partial charge in [0.2, 0.25) is 5.91 Å². The minimum absolute atomic E-state index is 0.00620. The smallest absolute Gasteiger partial charge is 0.320 e. The minimum atomic E-state index is -0.816. The molecule has 1 fully saturated rings. The summed E-state index contributed by atoms with van der Waals surface area (Å²) in [5.41, 5.74) is 0. The predicted octanol–water partition coefficient (Wildman–Crippen LogP) is 0.650. The van der Waals surface area contributed by atoms with Gasteiger partial charge in [0.05, 0.1) is 6.54 Å². The van der Waals surface area contributed by atoms with Crippen LogP contribution in [0.1, 0.15) is 26.7 Å². The number of carboxylic acids is 1. The van der Waals surface area contributed by atoms with Gasteiger partial charge < -0.3 is 10.0 Å². The lowest BCUT2D eigenvalue weighted by Gasteiger charge is -2.36. The average Bonchev–Trinajstić information content (AvgIpc) is 2.29. The molecular formula is C12H22N2O3. The third-order valence-electron chi connectivity index (χ3n) is 3.50. The molecule has 1 heterocycles. The normalized spacial score (nSPS) is 25.6. The predicted molar refractivity (Wildman–Crippen MR) is 64.7 cm³/mol. The van der Waals surface area contributed by atoms with E-state index in [4.69, 9.17) is 5.11 Å². The van der Waals surface area contributed by atoms with Crippen molar-refractivity contribution in [1.29, 1.82) is 0 Å². The first kappa shape index (κ1) is 14.0. The summed E-state index contributed by atoms with van der Waals surface area (Å²) in [6, 6.07) is -0.507. The van der Waals surface area contributed by atoms with Gasteiger partial charge in [-0.25, -0.2) is 0 Å². The first-order chi connectivity index (χ1) is 7.95. The summed E-state index contributed by atoms with van der Waals surface area (Å²) in [4.78, 5) is 26.4. The van der Waals surface area contributed by atoms with Gasteiger partial charge in [-0.15, -0.1) is 0 Å². The van der Waals surface area contributed by atoms with Crippen LogP contribution >= 0.6 is 0 Å². The first-order valence-corrected chi connectivity index (χ1v) is 6.16. The van der Waals surface area contributed by atoms with Crippen molar-refractivity contribution in [2.45, 2.75) is 32.7 Å². The van der Waals surface area contributed by atoms with E-state index in [0.717, 1.165) is 6.42 Å². The van der Waals surface area contributed by atoms with Crippen molar-refractivity contribution in [1.82, 2.24) is 9.80 Å². The zero-order chi connectivity index (χ0) is 13.0. The fourth-order valence-electron chi connectivity index (χ4n) is 2.11. The van der Waals surface area contributed by atoms with Crippen LogP contribution in [0.2, 0.25) is 0 Å². The molecule has 0 radical (unpaired) electrons. The molecule has 2 unspecified atom stereocenters. The summed E-state index contributed by atoms with van der Waals surface area (Å²) in [6.07, 6.45) is 1.60. The second-order valence-corrected chi connectivity index (χ2v) is 4.86. The molecule has 2 atom stereocenters. The lowest BCUT2D eigenvalue weighted by molar-refractivity contribution is -0.147. The van der Waals surface area contributed by atoms with Crippen LogP contribution in [0.5, 0.6) is 0 Å². The number of carbonyl (C=O) groups excluding carboxylic acids is 1. The molecule has 1 aliphatic heterocycles. The van der Waals surface area contributed by atoms with E-state index >= 15 is 0 Å². The summed E-state index contributed by atoms with van der Waals surface area (Å²) < 4.78 is 0. The van der Waals surface area contributed by atoms with Crippen molar-refractivity contribution < 1.29 is 14.7 Å². The molecule has 0 spiro atoms. The molecule has 1 N–H and O–H groups in total. The lowest BCUT2D eigenvalue weighted by Crippen LogP contribution is -2.50. The van der Waals surface area contributed by atoms with E-state index in [9.17, 15) is 9.59 Å². The number of hydrogen-bond donors (Lipinski definition) is 1. The van der Waals surface area contributed by atoms with Crippen LogP contribution in [0.4, 0.5) is 0 Å². The van der Waals surface area contributed by atoms with Crippen LogP contribution in [0.3, 0.4) is 0 Å². The number of amides is 1. The number of rotatable bonds is 4. The van der Waals surface area contributed by atoms with Gasteiger partial charge in [-0.05, 0) is 32.2 Å². The molecule has 0 aromatic rings. The van der Waals surface area contributed by atoms with Crippen LogP contribution < -0.4 is 0 Å². The van der Waals surface area contributed by atoms with Crippen molar-refractivity contribution >= 4 is 11.9 Å².